The molecule has 5 heteroatoms. The van der Waals surface area contributed by atoms with Crippen molar-refractivity contribution in [1.29, 1.82) is 0 Å². The van der Waals surface area contributed by atoms with Gasteiger partial charge in [-0.05, 0) is 52.8 Å². The summed E-state index contributed by atoms with van der Waals surface area (Å²) in [6, 6.07) is 23.6. The highest BCUT2D eigenvalue weighted by Gasteiger charge is 2.24. The van der Waals surface area contributed by atoms with Crippen LogP contribution in [0.25, 0.3) is 33.8 Å². The Morgan fingerprint density at radius 2 is 1.55 bits per heavy atom. The molecule has 5 rings (SSSR count). The molecule has 38 heavy (non-hydrogen) atoms. The number of aliphatic imine (C=N–C) groups is 1. The predicted octanol–water partition coefficient (Wildman–Crippen LogP) is 8.61. The van der Waals surface area contributed by atoms with Crippen molar-refractivity contribution in [3.8, 4) is 28.5 Å². The van der Waals surface area contributed by atoms with Crippen LogP contribution in [0.2, 0.25) is 0 Å². The highest BCUT2D eigenvalue weighted by molar-refractivity contribution is 5.92. The number of para-hydroxylation sites is 2. The molecule has 2 heterocycles. The van der Waals surface area contributed by atoms with Crippen LogP contribution in [0.4, 0.5) is 5.69 Å². The number of nitrogens with zero attached hydrogens (tertiary/aromatic N) is 3. The molecule has 5 nitrogen and oxygen atoms in total. The van der Waals surface area contributed by atoms with E-state index < -0.39 is 0 Å². The average Bonchev–Trinajstić information content (AvgIpc) is 3.32. The zero-order valence-electron chi connectivity index (χ0n) is 22.8. The van der Waals surface area contributed by atoms with Crippen LogP contribution in [0.5, 0.6) is 5.75 Å². The van der Waals surface area contributed by atoms with Crippen LogP contribution in [-0.4, -0.2) is 21.3 Å². The lowest BCUT2D eigenvalue weighted by Gasteiger charge is -2.27. The van der Waals surface area contributed by atoms with E-state index in [9.17, 15) is 5.11 Å². The van der Waals surface area contributed by atoms with Crippen molar-refractivity contribution < 1.29 is 9.52 Å². The minimum Gasteiger partial charge on any atom is -0.507 e. The van der Waals surface area contributed by atoms with Crippen LogP contribution < -0.4 is 0 Å². The molecule has 5 aromatic rings. The summed E-state index contributed by atoms with van der Waals surface area (Å²) in [7, 11) is 0. The molecule has 0 atom stereocenters. The molecule has 1 N–H and O–H groups in total. The zero-order valence-corrected chi connectivity index (χ0v) is 22.8. The van der Waals surface area contributed by atoms with Gasteiger partial charge in [0.05, 0.1) is 16.9 Å². The van der Waals surface area contributed by atoms with Crippen molar-refractivity contribution in [1.82, 2.24) is 9.97 Å². The van der Waals surface area contributed by atoms with Crippen molar-refractivity contribution in [2.75, 3.05) is 0 Å². The SMILES string of the molecule is CC(C)(C)c1cc(C=Nc2ccccc2-c2nc3c(-c4ccccn4)cccc3o2)c(O)c(C(C)(C)C)c1. The minimum absolute atomic E-state index is 0.0717. The van der Waals surface area contributed by atoms with E-state index >= 15 is 0 Å². The van der Waals surface area contributed by atoms with Crippen molar-refractivity contribution in [2.24, 2.45) is 4.99 Å². The second kappa shape index (κ2) is 9.56. The molecule has 0 aliphatic rings. The largest absolute Gasteiger partial charge is 0.507 e. The van der Waals surface area contributed by atoms with E-state index in [0.717, 1.165) is 33.5 Å². The summed E-state index contributed by atoms with van der Waals surface area (Å²) in [6.45, 7) is 12.9. The van der Waals surface area contributed by atoms with E-state index in [-0.39, 0.29) is 16.6 Å². The van der Waals surface area contributed by atoms with Gasteiger partial charge in [0.2, 0.25) is 5.89 Å². The monoisotopic (exact) mass is 503 g/mol. The van der Waals surface area contributed by atoms with Gasteiger partial charge in [0.15, 0.2) is 5.58 Å². The number of aromatic hydroxyl groups is 1. The van der Waals surface area contributed by atoms with Gasteiger partial charge in [-0.15, -0.1) is 0 Å². The van der Waals surface area contributed by atoms with Gasteiger partial charge in [0.25, 0.3) is 0 Å². The summed E-state index contributed by atoms with van der Waals surface area (Å²) in [4.78, 5) is 14.2. The van der Waals surface area contributed by atoms with Gasteiger partial charge in [0, 0.05) is 29.1 Å². The molecule has 2 aromatic heterocycles. The summed E-state index contributed by atoms with van der Waals surface area (Å²) < 4.78 is 6.20. The lowest BCUT2D eigenvalue weighted by atomic mass is 9.79. The maximum Gasteiger partial charge on any atom is 0.229 e. The molecular formula is C33H33N3O2. The molecule has 0 unspecified atom stereocenters. The standard InChI is InChI=1S/C33H33N3O2/c1-32(2,3)22-18-21(30(37)25(19-22)33(4,5)6)20-35-27-14-8-7-12-24(27)31-36-29-23(13-11-16-28(29)38-31)26-15-9-10-17-34-26/h7-20,37H,1-6H3. The fourth-order valence-electron chi connectivity index (χ4n) is 4.46. The second-order valence-electron chi connectivity index (χ2n) is 11.6. The van der Waals surface area contributed by atoms with E-state index in [2.05, 4.69) is 52.6 Å². The van der Waals surface area contributed by atoms with Gasteiger partial charge in [-0.1, -0.05) is 77.9 Å². The van der Waals surface area contributed by atoms with Crippen molar-refractivity contribution >= 4 is 23.0 Å². The molecule has 0 aliphatic carbocycles. The molecule has 3 aromatic carbocycles. The Hall–Kier alpha value is -4.25. The predicted molar refractivity (Wildman–Crippen MR) is 155 cm³/mol. The Kier molecular flexibility index (Phi) is 6.39. The summed E-state index contributed by atoms with van der Waals surface area (Å²) in [5.41, 5.74) is 7.13. The second-order valence-corrected chi connectivity index (χ2v) is 11.6. The van der Waals surface area contributed by atoms with Gasteiger partial charge in [-0.2, -0.15) is 0 Å². The summed E-state index contributed by atoms with van der Waals surface area (Å²) in [5, 5.41) is 11.2. The quantitative estimate of drug-likeness (QED) is 0.249. The third-order valence-corrected chi connectivity index (χ3v) is 6.65. The van der Waals surface area contributed by atoms with Crippen LogP contribution >= 0.6 is 0 Å². The number of phenols is 1. The number of benzene rings is 3. The molecule has 0 aliphatic heterocycles. The van der Waals surface area contributed by atoms with E-state index in [4.69, 9.17) is 14.4 Å². The van der Waals surface area contributed by atoms with Crippen LogP contribution in [0, 0.1) is 0 Å². The third-order valence-electron chi connectivity index (χ3n) is 6.65. The maximum atomic E-state index is 11.2. The lowest BCUT2D eigenvalue weighted by Crippen LogP contribution is -2.17. The van der Waals surface area contributed by atoms with E-state index in [1.54, 1.807) is 12.4 Å². The summed E-state index contributed by atoms with van der Waals surface area (Å²) in [6.07, 6.45) is 3.51. The number of phenolic OH excluding ortho intramolecular Hbond substituents is 1. The highest BCUT2D eigenvalue weighted by atomic mass is 16.3. The van der Waals surface area contributed by atoms with Gasteiger partial charge >= 0.3 is 0 Å². The number of oxazole rings is 1. The number of fused-ring (bicyclic) bond motifs is 1. The van der Waals surface area contributed by atoms with Crippen molar-refractivity contribution in [3.63, 3.8) is 0 Å². The number of rotatable bonds is 4. The smallest absolute Gasteiger partial charge is 0.229 e. The molecule has 0 saturated carbocycles. The van der Waals surface area contributed by atoms with Crippen LogP contribution in [-0.2, 0) is 10.8 Å². The van der Waals surface area contributed by atoms with E-state index in [1.807, 2.05) is 66.7 Å². The van der Waals surface area contributed by atoms with E-state index in [1.165, 1.54) is 0 Å². The zero-order chi connectivity index (χ0) is 27.1. The van der Waals surface area contributed by atoms with E-state index in [0.29, 0.717) is 22.7 Å². The number of hydrogen-bond donors (Lipinski definition) is 1. The fourth-order valence-corrected chi connectivity index (χ4v) is 4.46. The van der Waals surface area contributed by atoms with Gasteiger partial charge in [0.1, 0.15) is 11.3 Å². The normalized spacial score (nSPS) is 12.5. The Morgan fingerprint density at radius 1 is 0.816 bits per heavy atom. The number of pyridine rings is 1. The number of hydrogen-bond acceptors (Lipinski definition) is 5. The fraction of sp³-hybridized carbons (Fsp3) is 0.242. The van der Waals surface area contributed by atoms with Crippen LogP contribution in [0.3, 0.4) is 0 Å². The Bertz CT molecular complexity index is 1640. The molecule has 0 fully saturated rings. The Morgan fingerprint density at radius 3 is 2.26 bits per heavy atom. The first-order valence-electron chi connectivity index (χ1n) is 12.8. The first kappa shape index (κ1) is 25.4. The first-order valence-corrected chi connectivity index (χ1v) is 12.8. The van der Waals surface area contributed by atoms with Crippen molar-refractivity contribution in [3.05, 3.63) is 95.7 Å². The molecule has 0 radical (unpaired) electrons. The van der Waals surface area contributed by atoms with Crippen LogP contribution in [0.1, 0.15) is 58.2 Å². The molecule has 0 amide bonds. The Balaban J connectivity index is 1.59. The molecule has 0 saturated heterocycles. The van der Waals surface area contributed by atoms with Gasteiger partial charge in [-0.25, -0.2) is 4.98 Å². The van der Waals surface area contributed by atoms with Crippen LogP contribution in [0.15, 0.2) is 88.4 Å². The molecule has 0 spiro atoms. The average molecular weight is 504 g/mol. The first-order chi connectivity index (χ1) is 18.0. The van der Waals surface area contributed by atoms with Gasteiger partial charge in [-0.3, -0.25) is 9.98 Å². The summed E-state index contributed by atoms with van der Waals surface area (Å²) >= 11 is 0. The lowest BCUT2D eigenvalue weighted by molar-refractivity contribution is 0.444. The third kappa shape index (κ3) is 4.97. The molecule has 0 bridgehead atoms. The number of aromatic nitrogens is 2. The van der Waals surface area contributed by atoms with Crippen molar-refractivity contribution in [2.45, 2.75) is 52.4 Å². The Labute approximate surface area is 223 Å². The minimum atomic E-state index is -0.213. The summed E-state index contributed by atoms with van der Waals surface area (Å²) in [5.74, 6) is 0.743. The molecule has 192 valence electrons. The highest BCUT2D eigenvalue weighted by Crippen LogP contribution is 2.38. The maximum absolute atomic E-state index is 11.2. The topological polar surface area (TPSA) is 71.5 Å². The van der Waals surface area contributed by atoms with Gasteiger partial charge < -0.3 is 9.52 Å². The molecular weight excluding hydrogens is 470 g/mol.